The van der Waals surface area contributed by atoms with Gasteiger partial charge in [0.15, 0.2) is 0 Å². The fourth-order valence-corrected chi connectivity index (χ4v) is 2.93. The summed E-state index contributed by atoms with van der Waals surface area (Å²) in [6, 6.07) is 8.42. The van der Waals surface area contributed by atoms with E-state index in [4.69, 9.17) is 0 Å². The van der Waals surface area contributed by atoms with Crippen molar-refractivity contribution in [2.24, 2.45) is 0 Å². The molecule has 0 saturated carbocycles. The lowest BCUT2D eigenvalue weighted by Gasteiger charge is -2.29. The lowest BCUT2D eigenvalue weighted by Crippen LogP contribution is -2.37. The molecule has 2 N–H and O–H groups in total. The van der Waals surface area contributed by atoms with Gasteiger partial charge in [0.1, 0.15) is 0 Å². The summed E-state index contributed by atoms with van der Waals surface area (Å²) in [6.07, 6.45) is 0.911. The van der Waals surface area contributed by atoms with Crippen LogP contribution in [0, 0.1) is 0 Å². The number of hydrogen-bond donors (Lipinski definition) is 2. The molecule has 1 aromatic carbocycles. The van der Waals surface area contributed by atoms with E-state index in [1.165, 1.54) is 0 Å². The quantitative estimate of drug-likeness (QED) is 0.859. The Hall–Kier alpha value is -1.10. The van der Waals surface area contributed by atoms with E-state index in [0.717, 1.165) is 30.6 Å². The van der Waals surface area contributed by atoms with Gasteiger partial charge in [-0.1, -0.05) is 19.1 Å². The maximum atomic E-state index is 9.92. The van der Waals surface area contributed by atoms with Gasteiger partial charge in [0.2, 0.25) is 0 Å². The van der Waals surface area contributed by atoms with Gasteiger partial charge in [-0.05, 0) is 44.6 Å². The molecule has 0 radical (unpaired) electrons. The van der Waals surface area contributed by atoms with Crippen molar-refractivity contribution in [2.45, 2.75) is 38.0 Å². The summed E-state index contributed by atoms with van der Waals surface area (Å²) in [7, 11) is 4.12. The van der Waals surface area contributed by atoms with Gasteiger partial charge in [0, 0.05) is 24.8 Å². The zero-order valence-electron chi connectivity index (χ0n) is 12.7. The van der Waals surface area contributed by atoms with E-state index in [0.29, 0.717) is 12.6 Å². The van der Waals surface area contributed by atoms with Crippen LogP contribution in [0.25, 0.3) is 0 Å². The highest BCUT2D eigenvalue weighted by Crippen LogP contribution is 2.28. The Kier molecular flexibility index (Phi) is 5.02. The smallest absolute Gasteiger partial charge is 0.0787 e. The molecule has 0 aliphatic carbocycles. The molecule has 4 heteroatoms. The average molecular weight is 278 g/mol. The lowest BCUT2D eigenvalue weighted by molar-refractivity contribution is 0.173. The Balaban J connectivity index is 2.12. The van der Waals surface area contributed by atoms with Gasteiger partial charge < -0.3 is 20.0 Å². The Labute approximate surface area is 121 Å². The third kappa shape index (κ3) is 3.51. The number of benzene rings is 1. The van der Waals surface area contributed by atoms with Gasteiger partial charge in [-0.25, -0.2) is 0 Å². The third-order valence-corrected chi connectivity index (χ3v) is 3.96. The molecule has 0 bridgehead atoms. The molecule has 0 aromatic heterocycles. The van der Waals surface area contributed by atoms with E-state index in [1.54, 1.807) is 0 Å². The average Bonchev–Trinajstić information content (AvgIpc) is 2.78. The molecule has 1 heterocycles. The van der Waals surface area contributed by atoms with Gasteiger partial charge in [-0.3, -0.25) is 0 Å². The van der Waals surface area contributed by atoms with E-state index in [2.05, 4.69) is 36.0 Å². The number of nitrogens with zero attached hydrogens (tertiary/aromatic N) is 2. The molecule has 2 rings (SSSR count). The number of aliphatic hydroxyl groups excluding tert-OH is 2. The fourth-order valence-electron chi connectivity index (χ4n) is 2.93. The molecule has 112 valence electrons. The molecule has 3 atom stereocenters. The van der Waals surface area contributed by atoms with Crippen molar-refractivity contribution in [1.29, 1.82) is 0 Å². The van der Waals surface area contributed by atoms with E-state index in [9.17, 15) is 10.2 Å². The molecule has 1 fully saturated rings. The van der Waals surface area contributed by atoms with Crippen molar-refractivity contribution in [3.63, 3.8) is 0 Å². The summed E-state index contributed by atoms with van der Waals surface area (Å²) in [5.41, 5.74) is 2.08. The van der Waals surface area contributed by atoms with Crippen LogP contribution >= 0.6 is 0 Å². The highest BCUT2D eigenvalue weighted by Gasteiger charge is 2.31. The zero-order chi connectivity index (χ0) is 14.7. The minimum atomic E-state index is -0.384. The standard InChI is InChI=1S/C16H26N2O2/c1-4-16(20)12-5-7-13(8-6-12)18-11-15(19)9-14(18)10-17(2)3/h5-8,14-16,19-20H,4,9-11H2,1-3H3/t14?,15?,16-/m0/s1. The van der Waals surface area contributed by atoms with E-state index < -0.39 is 0 Å². The maximum absolute atomic E-state index is 9.92. The first-order chi connectivity index (χ1) is 9.51. The highest BCUT2D eigenvalue weighted by atomic mass is 16.3. The van der Waals surface area contributed by atoms with Crippen LogP contribution in [0.15, 0.2) is 24.3 Å². The number of β-amino-alcohol motifs (C(OH)–C–C–N with tert-alkyl or cyclic N) is 1. The molecule has 4 nitrogen and oxygen atoms in total. The molecular formula is C16H26N2O2. The Morgan fingerprint density at radius 3 is 2.50 bits per heavy atom. The first kappa shape index (κ1) is 15.3. The first-order valence-corrected chi connectivity index (χ1v) is 7.38. The Morgan fingerprint density at radius 1 is 1.30 bits per heavy atom. The molecule has 1 aromatic rings. The second-order valence-corrected chi connectivity index (χ2v) is 5.97. The van der Waals surface area contributed by atoms with Gasteiger partial charge >= 0.3 is 0 Å². The number of hydrogen-bond acceptors (Lipinski definition) is 4. The van der Waals surface area contributed by atoms with Gasteiger partial charge in [-0.2, -0.15) is 0 Å². The summed E-state index contributed by atoms with van der Waals surface area (Å²) < 4.78 is 0. The van der Waals surface area contributed by atoms with Crippen molar-refractivity contribution in [2.75, 3.05) is 32.1 Å². The van der Waals surface area contributed by atoms with Crippen LogP contribution in [0.3, 0.4) is 0 Å². The van der Waals surface area contributed by atoms with Crippen molar-refractivity contribution in [1.82, 2.24) is 4.90 Å². The molecule has 20 heavy (non-hydrogen) atoms. The SMILES string of the molecule is CC[C@H](O)c1ccc(N2CC(O)CC2CN(C)C)cc1. The molecule has 0 amide bonds. The largest absolute Gasteiger partial charge is 0.391 e. The van der Waals surface area contributed by atoms with Crippen molar-refractivity contribution in [3.8, 4) is 0 Å². The fraction of sp³-hybridized carbons (Fsp3) is 0.625. The molecular weight excluding hydrogens is 252 g/mol. The van der Waals surface area contributed by atoms with E-state index in [1.807, 2.05) is 19.1 Å². The predicted octanol–water partition coefficient (Wildman–Crippen LogP) is 1.63. The maximum Gasteiger partial charge on any atom is 0.0787 e. The van der Waals surface area contributed by atoms with Gasteiger partial charge in [0.05, 0.1) is 12.2 Å². The van der Waals surface area contributed by atoms with Crippen LogP contribution in [0.4, 0.5) is 5.69 Å². The van der Waals surface area contributed by atoms with E-state index in [-0.39, 0.29) is 12.2 Å². The second-order valence-electron chi connectivity index (χ2n) is 5.97. The minimum Gasteiger partial charge on any atom is -0.391 e. The summed E-state index contributed by atoms with van der Waals surface area (Å²) in [5, 5.41) is 19.8. The van der Waals surface area contributed by atoms with Crippen LogP contribution in [0.5, 0.6) is 0 Å². The summed E-state index contributed by atoms with van der Waals surface area (Å²) in [6.45, 7) is 3.60. The Morgan fingerprint density at radius 2 is 1.95 bits per heavy atom. The summed E-state index contributed by atoms with van der Waals surface area (Å²) >= 11 is 0. The zero-order valence-corrected chi connectivity index (χ0v) is 12.7. The second kappa shape index (κ2) is 6.57. The van der Waals surface area contributed by atoms with Gasteiger partial charge in [-0.15, -0.1) is 0 Å². The van der Waals surface area contributed by atoms with Crippen LogP contribution in [-0.4, -0.2) is 54.4 Å². The van der Waals surface area contributed by atoms with Gasteiger partial charge in [0.25, 0.3) is 0 Å². The van der Waals surface area contributed by atoms with Crippen molar-refractivity contribution < 1.29 is 10.2 Å². The number of likely N-dealkylation sites (N-methyl/N-ethyl adjacent to an activating group) is 1. The monoisotopic (exact) mass is 278 g/mol. The van der Waals surface area contributed by atoms with Crippen molar-refractivity contribution >= 4 is 5.69 Å². The van der Waals surface area contributed by atoms with Crippen LogP contribution < -0.4 is 4.90 Å². The number of rotatable bonds is 5. The van der Waals surface area contributed by atoms with Crippen LogP contribution in [0.1, 0.15) is 31.4 Å². The number of anilines is 1. The molecule has 1 aliphatic rings. The third-order valence-electron chi connectivity index (χ3n) is 3.96. The van der Waals surface area contributed by atoms with Crippen molar-refractivity contribution in [3.05, 3.63) is 29.8 Å². The normalized spacial score (nSPS) is 24.4. The first-order valence-electron chi connectivity index (χ1n) is 7.38. The Bertz CT molecular complexity index is 419. The number of aliphatic hydroxyl groups is 2. The predicted molar refractivity (Wildman–Crippen MR) is 82.0 cm³/mol. The highest BCUT2D eigenvalue weighted by molar-refractivity contribution is 5.50. The minimum absolute atomic E-state index is 0.249. The molecule has 1 aliphatic heterocycles. The van der Waals surface area contributed by atoms with Crippen LogP contribution in [0.2, 0.25) is 0 Å². The topological polar surface area (TPSA) is 46.9 Å². The van der Waals surface area contributed by atoms with E-state index >= 15 is 0 Å². The molecule has 0 spiro atoms. The summed E-state index contributed by atoms with van der Waals surface area (Å²) in [4.78, 5) is 4.43. The lowest BCUT2D eigenvalue weighted by atomic mass is 10.1. The van der Waals surface area contributed by atoms with Crippen LogP contribution in [-0.2, 0) is 0 Å². The molecule has 1 saturated heterocycles. The molecule has 2 unspecified atom stereocenters. The summed E-state index contributed by atoms with van der Waals surface area (Å²) in [5.74, 6) is 0.